The van der Waals surface area contributed by atoms with Crippen LogP contribution in [-0.4, -0.2) is 17.4 Å². The molecule has 1 saturated heterocycles. The van der Waals surface area contributed by atoms with E-state index in [-0.39, 0.29) is 17.1 Å². The smallest absolute Gasteiger partial charge is 0.229 e. The molecular weight excluding hydrogens is 384 g/mol. The molecule has 1 spiro atoms. The Labute approximate surface area is 169 Å². The van der Waals surface area contributed by atoms with Gasteiger partial charge in [0, 0.05) is 28.7 Å². The first-order chi connectivity index (χ1) is 13.0. The number of rotatable bonds is 3. The van der Waals surface area contributed by atoms with Gasteiger partial charge in [0.25, 0.3) is 0 Å². The highest BCUT2D eigenvalue weighted by molar-refractivity contribution is 6.36. The SMILES string of the molecule is O=C1N(Cc2c(Cl)cc(-c3ccc(F)cc3)cc2Cl)CCC12CCCCC2. The zero-order valence-corrected chi connectivity index (χ0v) is 16.6. The Bertz CT molecular complexity index is 836. The average molecular weight is 406 g/mol. The summed E-state index contributed by atoms with van der Waals surface area (Å²) in [4.78, 5) is 14.9. The van der Waals surface area contributed by atoms with E-state index in [1.807, 2.05) is 17.0 Å². The van der Waals surface area contributed by atoms with E-state index in [0.29, 0.717) is 16.6 Å². The average Bonchev–Trinajstić information content (AvgIpc) is 2.95. The zero-order valence-electron chi connectivity index (χ0n) is 15.1. The lowest BCUT2D eigenvalue weighted by atomic mass is 9.73. The van der Waals surface area contributed by atoms with E-state index in [9.17, 15) is 9.18 Å². The first-order valence-electron chi connectivity index (χ1n) is 9.52. The highest BCUT2D eigenvalue weighted by Gasteiger charge is 2.46. The maximum atomic E-state index is 13.2. The molecular formula is C22H22Cl2FNO. The van der Waals surface area contributed by atoms with Gasteiger partial charge in [0.1, 0.15) is 5.82 Å². The molecule has 0 atom stereocenters. The van der Waals surface area contributed by atoms with Crippen LogP contribution in [0.2, 0.25) is 10.0 Å². The van der Waals surface area contributed by atoms with Gasteiger partial charge in [-0.3, -0.25) is 4.79 Å². The van der Waals surface area contributed by atoms with Crippen LogP contribution in [0.1, 0.15) is 44.1 Å². The Balaban J connectivity index is 1.56. The maximum Gasteiger partial charge on any atom is 0.229 e. The van der Waals surface area contributed by atoms with Crippen LogP contribution in [-0.2, 0) is 11.3 Å². The van der Waals surface area contributed by atoms with E-state index in [1.165, 1.54) is 18.6 Å². The molecule has 27 heavy (non-hydrogen) atoms. The highest BCUT2D eigenvalue weighted by Crippen LogP contribution is 2.45. The summed E-state index contributed by atoms with van der Waals surface area (Å²) in [6.45, 7) is 1.22. The summed E-state index contributed by atoms with van der Waals surface area (Å²) in [6.07, 6.45) is 6.48. The maximum absolute atomic E-state index is 13.2. The molecule has 1 heterocycles. The van der Waals surface area contributed by atoms with Gasteiger partial charge in [-0.1, -0.05) is 54.6 Å². The van der Waals surface area contributed by atoms with E-state index in [2.05, 4.69) is 0 Å². The standard InChI is InChI=1S/C22H22Cl2FNO/c23-19-12-16(15-4-6-17(25)7-5-15)13-20(24)18(19)14-26-11-10-22(21(26)27)8-2-1-3-9-22/h4-7,12-13H,1-3,8-11,14H2. The molecule has 2 nitrogen and oxygen atoms in total. The van der Waals surface area contributed by atoms with Crippen molar-refractivity contribution >= 4 is 29.1 Å². The van der Waals surface area contributed by atoms with E-state index in [0.717, 1.165) is 55.3 Å². The summed E-state index contributed by atoms with van der Waals surface area (Å²) in [5.74, 6) is -0.0197. The number of benzene rings is 2. The minimum Gasteiger partial charge on any atom is -0.338 e. The molecule has 1 amide bonds. The van der Waals surface area contributed by atoms with Crippen LogP contribution in [0.15, 0.2) is 36.4 Å². The van der Waals surface area contributed by atoms with Crippen LogP contribution < -0.4 is 0 Å². The van der Waals surface area contributed by atoms with Crippen molar-refractivity contribution in [2.45, 2.75) is 45.1 Å². The van der Waals surface area contributed by atoms with Crippen LogP contribution in [0.3, 0.4) is 0 Å². The summed E-state index contributed by atoms with van der Waals surface area (Å²) in [5, 5.41) is 1.08. The quantitative estimate of drug-likeness (QED) is 0.571. The molecule has 5 heteroatoms. The fourth-order valence-electron chi connectivity index (χ4n) is 4.49. The molecule has 0 aromatic heterocycles. The molecule has 0 bridgehead atoms. The molecule has 0 unspecified atom stereocenters. The molecule has 142 valence electrons. The second-order valence-corrected chi connectivity index (χ2v) is 8.56. The van der Waals surface area contributed by atoms with Gasteiger partial charge in [0.15, 0.2) is 0 Å². The second kappa shape index (κ2) is 7.44. The molecule has 2 aromatic rings. The number of amides is 1. The number of likely N-dealkylation sites (tertiary alicyclic amines) is 1. The molecule has 2 aliphatic rings. The van der Waals surface area contributed by atoms with Crippen molar-refractivity contribution in [1.82, 2.24) is 4.90 Å². The summed E-state index contributed by atoms with van der Waals surface area (Å²) in [7, 11) is 0. The van der Waals surface area contributed by atoms with Crippen LogP contribution >= 0.6 is 23.2 Å². The van der Waals surface area contributed by atoms with Gasteiger partial charge in [-0.2, -0.15) is 0 Å². The van der Waals surface area contributed by atoms with Gasteiger partial charge in [0.05, 0.1) is 5.41 Å². The molecule has 1 aliphatic heterocycles. The zero-order chi connectivity index (χ0) is 19.0. The summed E-state index contributed by atoms with van der Waals surface area (Å²) < 4.78 is 13.2. The molecule has 0 radical (unpaired) electrons. The monoisotopic (exact) mass is 405 g/mol. The summed E-state index contributed by atoms with van der Waals surface area (Å²) in [6, 6.07) is 9.91. The fourth-order valence-corrected chi connectivity index (χ4v) is 5.10. The minimum atomic E-state index is -0.281. The van der Waals surface area contributed by atoms with E-state index >= 15 is 0 Å². The number of hydrogen-bond acceptors (Lipinski definition) is 1. The molecule has 2 aromatic carbocycles. The topological polar surface area (TPSA) is 20.3 Å². The molecule has 1 aliphatic carbocycles. The molecule has 2 fully saturated rings. The van der Waals surface area contributed by atoms with Gasteiger partial charge in [-0.25, -0.2) is 4.39 Å². The largest absolute Gasteiger partial charge is 0.338 e. The first kappa shape index (κ1) is 18.8. The van der Waals surface area contributed by atoms with E-state index in [1.54, 1.807) is 12.1 Å². The second-order valence-electron chi connectivity index (χ2n) is 7.74. The van der Waals surface area contributed by atoms with Crippen LogP contribution in [0, 0.1) is 11.2 Å². The lowest BCUT2D eigenvalue weighted by Gasteiger charge is -2.31. The summed E-state index contributed by atoms with van der Waals surface area (Å²) >= 11 is 13.0. The van der Waals surface area contributed by atoms with Crippen LogP contribution in [0.25, 0.3) is 11.1 Å². The Morgan fingerprint density at radius 1 is 0.926 bits per heavy atom. The van der Waals surface area contributed by atoms with Gasteiger partial charge in [0.2, 0.25) is 5.91 Å². The molecule has 4 rings (SSSR count). The van der Waals surface area contributed by atoms with Gasteiger partial charge in [-0.15, -0.1) is 0 Å². The predicted molar refractivity (Wildman–Crippen MR) is 107 cm³/mol. The third-order valence-corrected chi connectivity index (χ3v) is 6.75. The van der Waals surface area contributed by atoms with Gasteiger partial charge < -0.3 is 4.90 Å². The number of carbonyl (C=O) groups is 1. The van der Waals surface area contributed by atoms with Crippen molar-refractivity contribution in [3.05, 3.63) is 57.8 Å². The Morgan fingerprint density at radius 3 is 2.19 bits per heavy atom. The minimum absolute atomic E-state index is 0.148. The Kier molecular flexibility index (Phi) is 5.17. The highest BCUT2D eigenvalue weighted by atomic mass is 35.5. The van der Waals surface area contributed by atoms with Crippen LogP contribution in [0.4, 0.5) is 4.39 Å². The number of halogens is 3. The molecule has 1 saturated carbocycles. The van der Waals surface area contributed by atoms with Crippen LogP contribution in [0.5, 0.6) is 0 Å². The fraction of sp³-hybridized carbons (Fsp3) is 0.409. The third kappa shape index (κ3) is 3.60. The van der Waals surface area contributed by atoms with Crippen molar-refractivity contribution < 1.29 is 9.18 Å². The van der Waals surface area contributed by atoms with Gasteiger partial charge >= 0.3 is 0 Å². The lowest BCUT2D eigenvalue weighted by Crippen LogP contribution is -2.35. The van der Waals surface area contributed by atoms with E-state index < -0.39 is 0 Å². The predicted octanol–water partition coefficient (Wildman–Crippen LogP) is 6.48. The molecule has 0 N–H and O–H groups in total. The van der Waals surface area contributed by atoms with Crippen molar-refractivity contribution in [1.29, 1.82) is 0 Å². The van der Waals surface area contributed by atoms with Crippen molar-refractivity contribution in [3.8, 4) is 11.1 Å². The number of nitrogens with zero attached hydrogens (tertiary/aromatic N) is 1. The Hall–Kier alpha value is -1.58. The van der Waals surface area contributed by atoms with Gasteiger partial charge in [-0.05, 0) is 54.7 Å². The Morgan fingerprint density at radius 2 is 1.56 bits per heavy atom. The van der Waals surface area contributed by atoms with E-state index in [4.69, 9.17) is 23.2 Å². The van der Waals surface area contributed by atoms with Crippen molar-refractivity contribution in [2.75, 3.05) is 6.54 Å². The normalized spacial score (nSPS) is 19.1. The number of hydrogen-bond donors (Lipinski definition) is 0. The first-order valence-corrected chi connectivity index (χ1v) is 10.3. The van der Waals surface area contributed by atoms with Crippen molar-refractivity contribution in [3.63, 3.8) is 0 Å². The summed E-state index contributed by atoms with van der Waals surface area (Å²) in [5.41, 5.74) is 2.33. The lowest BCUT2D eigenvalue weighted by molar-refractivity contribution is -0.138. The van der Waals surface area contributed by atoms with Crippen molar-refractivity contribution in [2.24, 2.45) is 5.41 Å². The third-order valence-electron chi connectivity index (χ3n) is 6.08. The number of carbonyl (C=O) groups excluding carboxylic acids is 1.